The number of nitrogens with one attached hydrogen (secondary N) is 1. The van der Waals surface area contributed by atoms with Crippen LogP contribution in [0, 0.1) is 6.92 Å². The number of rotatable bonds is 9. The first-order valence-corrected chi connectivity index (χ1v) is 13.2. The van der Waals surface area contributed by atoms with E-state index in [0.29, 0.717) is 5.56 Å². The van der Waals surface area contributed by atoms with Crippen LogP contribution in [0.4, 0.5) is 0 Å². The van der Waals surface area contributed by atoms with E-state index in [9.17, 15) is 17.8 Å². The van der Waals surface area contributed by atoms with Crippen molar-refractivity contribution in [2.45, 2.75) is 44.4 Å². The smallest absolute Gasteiger partial charge is 0.277 e. The largest absolute Gasteiger partial charge is 0.744 e. The first kappa shape index (κ1) is 28.6. The number of hydrogen-bond acceptors (Lipinski definition) is 5. The molecule has 7 nitrogen and oxygen atoms in total. The molecule has 0 fully saturated rings. The molecule has 0 saturated heterocycles. The van der Waals surface area contributed by atoms with Crippen LogP contribution in [0.1, 0.15) is 54.1 Å². The van der Waals surface area contributed by atoms with E-state index in [2.05, 4.69) is 35.7 Å². The van der Waals surface area contributed by atoms with Crippen molar-refractivity contribution in [1.29, 1.82) is 0 Å². The van der Waals surface area contributed by atoms with E-state index in [1.54, 1.807) is 30.6 Å². The molecule has 3 aromatic rings. The highest BCUT2D eigenvalue weighted by atomic mass is 32.2. The fourth-order valence-electron chi connectivity index (χ4n) is 3.18. The summed E-state index contributed by atoms with van der Waals surface area (Å²) in [4.78, 5) is 12.0. The van der Waals surface area contributed by atoms with Crippen LogP contribution in [0.3, 0.4) is 0 Å². The number of benzene rings is 2. The highest BCUT2D eigenvalue weighted by Gasteiger charge is 2.07. The summed E-state index contributed by atoms with van der Waals surface area (Å²) < 4.78 is 33.0. The van der Waals surface area contributed by atoms with Crippen molar-refractivity contribution in [3.63, 3.8) is 0 Å². The van der Waals surface area contributed by atoms with Crippen molar-refractivity contribution in [3.8, 4) is 0 Å². The Kier molecular flexibility index (Phi) is 11.7. The van der Waals surface area contributed by atoms with E-state index in [-0.39, 0.29) is 10.8 Å². The maximum Gasteiger partial charge on any atom is 0.277 e. The quantitative estimate of drug-likeness (QED) is 0.148. The van der Waals surface area contributed by atoms with Crippen LogP contribution < -0.4 is 9.99 Å². The van der Waals surface area contributed by atoms with Crippen molar-refractivity contribution in [1.82, 2.24) is 5.43 Å². The third kappa shape index (κ3) is 10.8. The summed E-state index contributed by atoms with van der Waals surface area (Å²) in [5, 5.41) is 4.15. The monoisotopic (exact) mass is 507 g/mol. The lowest BCUT2D eigenvalue weighted by atomic mass is 10.1. The second-order valence-corrected chi connectivity index (χ2v) is 9.69. The van der Waals surface area contributed by atoms with Crippen LogP contribution >= 0.6 is 0 Å². The Balaban J connectivity index is 0.000000346. The van der Waals surface area contributed by atoms with Gasteiger partial charge in [0.15, 0.2) is 12.4 Å². The molecule has 3 rings (SSSR count). The molecule has 0 aliphatic rings. The van der Waals surface area contributed by atoms with Gasteiger partial charge in [-0.1, -0.05) is 73.9 Å². The van der Waals surface area contributed by atoms with E-state index < -0.39 is 10.1 Å². The molecule has 0 radical (unpaired) electrons. The molecule has 190 valence electrons. The molecule has 0 saturated carbocycles. The number of pyridine rings is 1. The maximum absolute atomic E-state index is 12.1. The molecule has 1 heterocycles. The van der Waals surface area contributed by atoms with Crippen LogP contribution in [-0.4, -0.2) is 25.1 Å². The highest BCUT2D eigenvalue weighted by molar-refractivity contribution is 7.85. The van der Waals surface area contributed by atoms with Gasteiger partial charge < -0.3 is 4.55 Å². The summed E-state index contributed by atoms with van der Waals surface area (Å²) in [5.41, 5.74) is 6.37. The highest BCUT2D eigenvalue weighted by Crippen LogP contribution is 2.12. The Morgan fingerprint density at radius 1 is 1.03 bits per heavy atom. The number of amides is 1. The number of aryl methyl sites for hydroxylation is 2. The zero-order valence-corrected chi connectivity index (χ0v) is 21.7. The van der Waals surface area contributed by atoms with Gasteiger partial charge in [-0.05, 0) is 49.1 Å². The zero-order valence-electron chi connectivity index (χ0n) is 20.9. The molecule has 0 unspecified atom stereocenters. The van der Waals surface area contributed by atoms with Gasteiger partial charge in [-0.2, -0.15) is 5.10 Å². The number of hydrogen-bond donors (Lipinski definition) is 1. The van der Waals surface area contributed by atoms with Crippen molar-refractivity contribution in [2.75, 3.05) is 0 Å². The summed E-state index contributed by atoms with van der Waals surface area (Å²) >= 11 is 0. The molecule has 2 aromatic carbocycles. The van der Waals surface area contributed by atoms with E-state index in [0.717, 1.165) is 29.5 Å². The Bertz CT molecular complexity index is 1270. The third-order valence-corrected chi connectivity index (χ3v) is 5.98. The van der Waals surface area contributed by atoms with Gasteiger partial charge in [-0.15, -0.1) is 0 Å². The molecule has 0 aliphatic heterocycles. The summed E-state index contributed by atoms with van der Waals surface area (Å²) in [6, 6.07) is 19.6. The van der Waals surface area contributed by atoms with Crippen LogP contribution in [-0.2, 0) is 17.2 Å². The van der Waals surface area contributed by atoms with E-state index >= 15 is 0 Å². The van der Waals surface area contributed by atoms with Crippen molar-refractivity contribution in [3.05, 3.63) is 101 Å². The molecule has 1 amide bonds. The van der Waals surface area contributed by atoms with Crippen molar-refractivity contribution in [2.24, 2.45) is 12.1 Å². The normalized spacial score (nSPS) is 11.6. The van der Waals surface area contributed by atoms with Gasteiger partial charge in [0.1, 0.15) is 22.7 Å². The summed E-state index contributed by atoms with van der Waals surface area (Å²) in [6.45, 7) is 4.01. The number of allylic oxidation sites excluding steroid dienone is 1. The van der Waals surface area contributed by atoms with Gasteiger partial charge >= 0.3 is 0 Å². The van der Waals surface area contributed by atoms with Gasteiger partial charge in [0, 0.05) is 6.07 Å². The fourth-order valence-corrected chi connectivity index (χ4v) is 3.65. The minimum atomic E-state index is -4.27. The molecule has 0 aliphatic carbocycles. The Hall–Kier alpha value is -3.62. The average molecular weight is 508 g/mol. The van der Waals surface area contributed by atoms with Crippen LogP contribution in [0.5, 0.6) is 0 Å². The molecule has 1 N–H and O–H groups in total. The van der Waals surface area contributed by atoms with Gasteiger partial charge in [0.25, 0.3) is 5.91 Å². The zero-order chi connectivity index (χ0) is 26.4. The summed E-state index contributed by atoms with van der Waals surface area (Å²) in [7, 11) is -2.39. The Morgan fingerprint density at radius 2 is 1.72 bits per heavy atom. The minimum absolute atomic E-state index is 0.178. The third-order valence-electron chi connectivity index (χ3n) is 5.13. The second-order valence-electron chi connectivity index (χ2n) is 8.31. The maximum atomic E-state index is 12.1. The molecule has 8 heteroatoms. The lowest BCUT2D eigenvalue weighted by Crippen LogP contribution is -2.29. The molecule has 36 heavy (non-hydrogen) atoms. The van der Waals surface area contributed by atoms with E-state index in [1.165, 1.54) is 25.0 Å². The number of unbranched alkanes of at least 4 members (excludes halogenated alkanes) is 2. The standard InChI is InChI=1S/C21H25N3O.C7H8O3S/c1-3-4-6-12-19(15-18-10-7-5-8-11-18)16-22-23-21(25)20-13-9-14-24(2)17-20;1-6-2-4-7(5-3-6)11(8,9)10/h5,7-11,13-17H,3-4,6,12H2,1-2H3;2-5H,1H3,(H,8,9,10)/b19-15+,22-16+;. The Labute approximate surface area is 214 Å². The SMILES string of the molecule is CCCCCC(/C=N/NC(=O)c1ccc[n+](C)c1)=C\c1ccccc1.Cc1ccc(S(=O)(=O)[O-])cc1. The fraction of sp³-hybridized carbons (Fsp3) is 0.250. The molecule has 1 aromatic heterocycles. The van der Waals surface area contributed by atoms with Crippen molar-refractivity contribution < 1.29 is 22.3 Å². The molecular weight excluding hydrogens is 474 g/mol. The number of carbonyl (C=O) groups excluding carboxylic acids is 1. The average Bonchev–Trinajstić information content (AvgIpc) is 2.85. The predicted octanol–water partition coefficient (Wildman–Crippen LogP) is 4.79. The van der Waals surface area contributed by atoms with Gasteiger partial charge in [0.2, 0.25) is 0 Å². The van der Waals surface area contributed by atoms with Gasteiger partial charge in [-0.25, -0.2) is 18.4 Å². The van der Waals surface area contributed by atoms with Crippen molar-refractivity contribution >= 4 is 28.3 Å². The summed E-state index contributed by atoms with van der Waals surface area (Å²) in [6.07, 6.45) is 12.0. The first-order chi connectivity index (χ1) is 17.2. The number of hydrazone groups is 1. The van der Waals surface area contributed by atoms with E-state index in [1.807, 2.05) is 49.0 Å². The Morgan fingerprint density at radius 3 is 2.33 bits per heavy atom. The second kappa shape index (κ2) is 14.7. The lowest BCUT2D eigenvalue weighted by Gasteiger charge is -2.05. The minimum Gasteiger partial charge on any atom is -0.744 e. The first-order valence-electron chi connectivity index (χ1n) is 11.8. The molecule has 0 spiro atoms. The van der Waals surface area contributed by atoms with E-state index in [4.69, 9.17) is 0 Å². The van der Waals surface area contributed by atoms with Crippen LogP contribution in [0.2, 0.25) is 0 Å². The molecular formula is C28H33N3O4S. The number of aromatic nitrogens is 1. The van der Waals surface area contributed by atoms with Gasteiger partial charge in [-0.3, -0.25) is 4.79 Å². The number of carbonyl (C=O) groups is 1. The lowest BCUT2D eigenvalue weighted by molar-refractivity contribution is -0.671. The van der Waals surface area contributed by atoms with Crippen LogP contribution in [0.15, 0.2) is 94.7 Å². The molecule has 0 bridgehead atoms. The topological polar surface area (TPSA) is 103 Å². The van der Waals surface area contributed by atoms with Gasteiger partial charge in [0.05, 0.1) is 11.1 Å². The number of nitrogens with zero attached hydrogens (tertiary/aromatic N) is 2. The summed E-state index contributed by atoms with van der Waals surface area (Å²) in [5.74, 6) is -0.208. The predicted molar refractivity (Wildman–Crippen MR) is 141 cm³/mol. The molecule has 0 atom stereocenters. The van der Waals surface area contributed by atoms with Crippen LogP contribution in [0.25, 0.3) is 6.08 Å².